The molecule has 0 amide bonds. The molecule has 0 bridgehead atoms. The number of ether oxygens (including phenoxy) is 1. The summed E-state index contributed by atoms with van der Waals surface area (Å²) in [5.74, 6) is 0.941. The van der Waals surface area contributed by atoms with Crippen molar-refractivity contribution in [2.75, 3.05) is 6.61 Å². The molecule has 0 atom stereocenters. The van der Waals surface area contributed by atoms with Gasteiger partial charge in [0.25, 0.3) is 0 Å². The van der Waals surface area contributed by atoms with E-state index in [1.807, 2.05) is 6.92 Å². The van der Waals surface area contributed by atoms with Gasteiger partial charge in [0, 0.05) is 23.4 Å². The van der Waals surface area contributed by atoms with Gasteiger partial charge in [-0.3, -0.25) is 0 Å². The molecule has 1 N–H and O–H groups in total. The zero-order valence-corrected chi connectivity index (χ0v) is 11.5. The molecule has 1 aromatic carbocycles. The fourth-order valence-corrected chi connectivity index (χ4v) is 3.10. The second kappa shape index (κ2) is 4.37. The van der Waals surface area contributed by atoms with Gasteiger partial charge in [0.1, 0.15) is 5.69 Å². The molecule has 0 unspecified atom stereocenters. The number of H-pyrrole nitrogens is 1. The van der Waals surface area contributed by atoms with E-state index < -0.39 is 0 Å². The summed E-state index contributed by atoms with van der Waals surface area (Å²) >= 11 is 0. The number of pyridine rings is 1. The largest absolute Gasteiger partial charge is 0.488 e. The van der Waals surface area contributed by atoms with E-state index >= 15 is 0 Å². The zero-order chi connectivity index (χ0) is 13.5. The Hall–Kier alpha value is -2.29. The molecule has 1 aliphatic rings. The number of nitrogens with zero attached hydrogens (tertiary/aromatic N) is 1. The van der Waals surface area contributed by atoms with E-state index in [9.17, 15) is 0 Å². The van der Waals surface area contributed by atoms with E-state index in [4.69, 9.17) is 4.74 Å². The lowest BCUT2D eigenvalue weighted by molar-refractivity contribution is -0.688. The number of benzene rings is 1. The third-order valence-corrected chi connectivity index (χ3v) is 3.98. The number of nitrogens with one attached hydrogen (secondary N) is 1. The third-order valence-electron chi connectivity index (χ3n) is 3.98. The monoisotopic (exact) mass is 265 g/mol. The first-order chi connectivity index (χ1) is 9.86. The Morgan fingerprint density at radius 2 is 2.10 bits per heavy atom. The van der Waals surface area contributed by atoms with Crippen LogP contribution >= 0.6 is 0 Å². The first-order valence-corrected chi connectivity index (χ1v) is 7.13. The van der Waals surface area contributed by atoms with Gasteiger partial charge in [-0.25, -0.2) is 0 Å². The highest BCUT2D eigenvalue weighted by molar-refractivity contribution is 5.90. The minimum Gasteiger partial charge on any atom is -0.488 e. The predicted octanol–water partition coefficient (Wildman–Crippen LogP) is 3.08. The maximum Gasteiger partial charge on any atom is 0.229 e. The number of rotatable bonds is 2. The molecular weight excluding hydrogens is 248 g/mol. The van der Waals surface area contributed by atoms with Gasteiger partial charge in [-0.15, -0.1) is 0 Å². The SMILES string of the molecule is CCOc1ccc2[n+](c1)CCc1c-2[nH]c2ccccc12. The molecule has 0 fully saturated rings. The van der Waals surface area contributed by atoms with Crippen molar-refractivity contribution in [3.63, 3.8) is 0 Å². The van der Waals surface area contributed by atoms with Crippen LogP contribution in [0.3, 0.4) is 0 Å². The number of hydrogen-bond donors (Lipinski definition) is 1. The second-order valence-corrected chi connectivity index (χ2v) is 5.15. The van der Waals surface area contributed by atoms with Crippen molar-refractivity contribution >= 4 is 10.9 Å². The molecule has 0 saturated heterocycles. The topological polar surface area (TPSA) is 28.9 Å². The average Bonchev–Trinajstić information content (AvgIpc) is 2.86. The Labute approximate surface area is 117 Å². The number of aromatic nitrogens is 2. The minimum atomic E-state index is 0.705. The van der Waals surface area contributed by atoms with Gasteiger partial charge in [0.15, 0.2) is 12.3 Å². The fraction of sp³-hybridized carbons (Fsp3) is 0.235. The van der Waals surface area contributed by atoms with Crippen molar-refractivity contribution in [1.29, 1.82) is 0 Å². The smallest absolute Gasteiger partial charge is 0.229 e. The molecular formula is C17H17N2O+. The van der Waals surface area contributed by atoms with Crippen LogP contribution in [0, 0.1) is 0 Å². The quantitative estimate of drug-likeness (QED) is 0.709. The highest BCUT2D eigenvalue weighted by atomic mass is 16.5. The van der Waals surface area contributed by atoms with E-state index in [-0.39, 0.29) is 0 Å². The summed E-state index contributed by atoms with van der Waals surface area (Å²) in [5.41, 5.74) is 5.15. The van der Waals surface area contributed by atoms with E-state index in [1.165, 1.54) is 27.9 Å². The van der Waals surface area contributed by atoms with Crippen molar-refractivity contribution in [2.24, 2.45) is 0 Å². The number of fused-ring (bicyclic) bond motifs is 5. The van der Waals surface area contributed by atoms with Crippen LogP contribution in [0.5, 0.6) is 5.75 Å². The molecule has 4 rings (SSSR count). The van der Waals surface area contributed by atoms with Gasteiger partial charge < -0.3 is 9.72 Å². The van der Waals surface area contributed by atoms with Gasteiger partial charge in [-0.1, -0.05) is 18.2 Å². The summed E-state index contributed by atoms with van der Waals surface area (Å²) < 4.78 is 7.87. The van der Waals surface area contributed by atoms with Crippen LogP contribution < -0.4 is 9.30 Å². The van der Waals surface area contributed by atoms with Crippen LogP contribution in [0.1, 0.15) is 12.5 Å². The van der Waals surface area contributed by atoms with Crippen molar-refractivity contribution in [1.82, 2.24) is 4.98 Å². The Balaban J connectivity index is 1.90. The van der Waals surface area contributed by atoms with Crippen molar-refractivity contribution < 1.29 is 9.30 Å². The molecule has 3 aromatic rings. The summed E-state index contributed by atoms with van der Waals surface area (Å²) in [5, 5.41) is 1.35. The Morgan fingerprint density at radius 1 is 1.20 bits per heavy atom. The van der Waals surface area contributed by atoms with E-state index in [0.717, 1.165) is 18.7 Å². The third kappa shape index (κ3) is 1.63. The Morgan fingerprint density at radius 3 is 3.00 bits per heavy atom. The lowest BCUT2D eigenvalue weighted by Crippen LogP contribution is -2.40. The van der Waals surface area contributed by atoms with Gasteiger partial charge in [-0.2, -0.15) is 4.57 Å². The molecule has 20 heavy (non-hydrogen) atoms. The highest BCUT2D eigenvalue weighted by Gasteiger charge is 2.26. The molecule has 3 heteroatoms. The lowest BCUT2D eigenvalue weighted by Gasteiger charge is -2.12. The van der Waals surface area contributed by atoms with Gasteiger partial charge in [0.05, 0.1) is 6.61 Å². The molecule has 100 valence electrons. The van der Waals surface area contributed by atoms with Gasteiger partial charge in [0.2, 0.25) is 11.9 Å². The summed E-state index contributed by atoms with van der Waals surface area (Å²) in [4.78, 5) is 3.56. The number of aryl methyl sites for hydroxylation is 2. The number of aromatic amines is 1. The summed E-state index contributed by atoms with van der Waals surface area (Å²) in [6.07, 6.45) is 3.17. The first kappa shape index (κ1) is 11.5. The molecule has 0 radical (unpaired) electrons. The van der Waals surface area contributed by atoms with Gasteiger partial charge >= 0.3 is 0 Å². The highest BCUT2D eigenvalue weighted by Crippen LogP contribution is 2.32. The maximum absolute atomic E-state index is 5.59. The average molecular weight is 265 g/mol. The maximum atomic E-state index is 5.59. The van der Waals surface area contributed by atoms with Crippen molar-refractivity contribution in [3.05, 3.63) is 48.2 Å². The Bertz CT molecular complexity index is 789. The van der Waals surface area contributed by atoms with Crippen LogP contribution in [-0.4, -0.2) is 11.6 Å². The standard InChI is InChI=1S/C17H16N2O/c1-2-20-12-7-8-16-17-14(9-10-19(16)11-12)13-5-3-4-6-15(13)18-17/h3-8,11H,2,9-10H2,1H3/p+1. The van der Waals surface area contributed by atoms with Crippen LogP contribution in [0.2, 0.25) is 0 Å². The second-order valence-electron chi connectivity index (χ2n) is 5.15. The molecule has 3 nitrogen and oxygen atoms in total. The molecule has 0 spiro atoms. The van der Waals surface area contributed by atoms with Crippen LogP contribution in [0.25, 0.3) is 22.3 Å². The number of para-hydroxylation sites is 1. The van der Waals surface area contributed by atoms with E-state index in [2.05, 4.69) is 52.1 Å². The molecule has 0 saturated carbocycles. The minimum absolute atomic E-state index is 0.705. The van der Waals surface area contributed by atoms with Gasteiger partial charge in [-0.05, 0) is 24.6 Å². The van der Waals surface area contributed by atoms with Crippen LogP contribution in [0.15, 0.2) is 42.6 Å². The predicted molar refractivity (Wildman–Crippen MR) is 78.8 cm³/mol. The van der Waals surface area contributed by atoms with E-state index in [1.54, 1.807) is 0 Å². The van der Waals surface area contributed by atoms with Crippen LogP contribution in [-0.2, 0) is 13.0 Å². The summed E-state index contributed by atoms with van der Waals surface area (Å²) in [6, 6.07) is 12.7. The normalized spacial score (nSPS) is 13.1. The molecule has 3 heterocycles. The molecule has 0 aliphatic carbocycles. The molecule has 1 aliphatic heterocycles. The van der Waals surface area contributed by atoms with E-state index in [0.29, 0.717) is 6.61 Å². The molecule has 2 aromatic heterocycles. The zero-order valence-electron chi connectivity index (χ0n) is 11.5. The number of hydrogen-bond acceptors (Lipinski definition) is 1. The lowest BCUT2D eigenvalue weighted by atomic mass is 10.0. The van der Waals surface area contributed by atoms with Crippen LogP contribution in [0.4, 0.5) is 0 Å². The van der Waals surface area contributed by atoms with Crippen molar-refractivity contribution in [2.45, 2.75) is 19.9 Å². The summed E-state index contributed by atoms with van der Waals surface area (Å²) in [7, 11) is 0. The fourth-order valence-electron chi connectivity index (χ4n) is 3.10. The Kier molecular flexibility index (Phi) is 2.52. The summed E-state index contributed by atoms with van der Waals surface area (Å²) in [6.45, 7) is 3.72. The first-order valence-electron chi connectivity index (χ1n) is 7.13. The van der Waals surface area contributed by atoms with Crippen molar-refractivity contribution in [3.8, 4) is 17.1 Å².